The van der Waals surface area contributed by atoms with Gasteiger partial charge in [-0.2, -0.15) is 0 Å². The second-order valence-corrected chi connectivity index (χ2v) is 6.11. The van der Waals surface area contributed by atoms with Crippen LogP contribution in [0.3, 0.4) is 0 Å². The number of carbonyl (C=O) groups is 1. The molecule has 0 saturated heterocycles. The van der Waals surface area contributed by atoms with Crippen molar-refractivity contribution in [1.82, 2.24) is 10.2 Å². The lowest BCUT2D eigenvalue weighted by Gasteiger charge is -2.32. The summed E-state index contributed by atoms with van der Waals surface area (Å²) >= 11 is 6.18. The molecule has 0 saturated carbocycles. The van der Waals surface area contributed by atoms with Gasteiger partial charge in [0, 0.05) is 10.6 Å². The maximum absolute atomic E-state index is 12.6. The van der Waals surface area contributed by atoms with E-state index in [4.69, 9.17) is 11.6 Å². The first-order chi connectivity index (χ1) is 12.0. The summed E-state index contributed by atoms with van der Waals surface area (Å²) in [7, 11) is 0. The van der Waals surface area contributed by atoms with E-state index in [0.717, 1.165) is 5.56 Å². The molecule has 2 aromatic carbocycles. The van der Waals surface area contributed by atoms with Crippen LogP contribution in [0.4, 0.5) is 4.79 Å². The third-order valence-electron chi connectivity index (χ3n) is 4.16. The maximum atomic E-state index is 12.6. The molecule has 1 N–H and O–H groups in total. The zero-order valence-electron chi connectivity index (χ0n) is 13.5. The van der Waals surface area contributed by atoms with Crippen LogP contribution in [-0.4, -0.2) is 15.9 Å². The molecule has 0 spiro atoms. The van der Waals surface area contributed by atoms with Crippen molar-refractivity contribution in [2.45, 2.75) is 19.5 Å². The molecule has 2 amide bonds. The minimum absolute atomic E-state index is 0.0800. The Morgan fingerprint density at radius 3 is 2.44 bits per heavy atom. The number of rotatable bonds is 4. The average molecular weight is 358 g/mol. The minimum atomic E-state index is -0.886. The number of nitrogens with zero attached hydrogens (tertiary/aromatic N) is 2. The lowest BCUT2D eigenvalue weighted by atomic mass is 10.00. The molecule has 0 fully saturated rings. The van der Waals surface area contributed by atoms with Crippen molar-refractivity contribution in [1.29, 1.82) is 0 Å². The highest BCUT2D eigenvalue weighted by Gasteiger charge is 2.40. The summed E-state index contributed by atoms with van der Waals surface area (Å²) in [6.45, 7) is 1.84. The summed E-state index contributed by atoms with van der Waals surface area (Å²) in [6, 6.07) is 14.8. The number of benzene rings is 2. The second kappa shape index (κ2) is 6.94. The van der Waals surface area contributed by atoms with E-state index in [0.29, 0.717) is 16.3 Å². The largest absolute Gasteiger partial charge is 0.323 e. The van der Waals surface area contributed by atoms with Gasteiger partial charge in [-0.25, -0.2) is 4.79 Å². The van der Waals surface area contributed by atoms with Crippen LogP contribution in [0.2, 0.25) is 5.02 Å². The van der Waals surface area contributed by atoms with Crippen molar-refractivity contribution in [2.75, 3.05) is 0 Å². The van der Waals surface area contributed by atoms with E-state index in [2.05, 4.69) is 5.32 Å². The van der Waals surface area contributed by atoms with Gasteiger partial charge in [0.15, 0.2) is 6.04 Å². The Balaban J connectivity index is 2.03. The first-order valence-electron chi connectivity index (χ1n) is 7.70. The number of hydrogen-bond donors (Lipinski definition) is 1. The number of urea groups is 1. The van der Waals surface area contributed by atoms with Crippen molar-refractivity contribution in [2.24, 2.45) is 0 Å². The quantitative estimate of drug-likeness (QED) is 0.660. The molecule has 6 nitrogen and oxygen atoms in total. The van der Waals surface area contributed by atoms with Gasteiger partial charge in [0.25, 0.3) is 5.70 Å². The average Bonchev–Trinajstić information content (AvgIpc) is 2.59. The number of allylic oxidation sites excluding steroid dienone is 1. The fourth-order valence-electron chi connectivity index (χ4n) is 2.90. The van der Waals surface area contributed by atoms with Gasteiger partial charge in [0.2, 0.25) is 0 Å². The van der Waals surface area contributed by atoms with Gasteiger partial charge < -0.3 is 5.32 Å². The SMILES string of the molecule is CC1=C([N+](=O)[O-])C(c2ccccc2Cl)NC(=O)N1Cc1ccccc1. The van der Waals surface area contributed by atoms with Crippen LogP contribution in [0.15, 0.2) is 66.0 Å². The Morgan fingerprint density at radius 1 is 1.16 bits per heavy atom. The number of nitro groups is 1. The van der Waals surface area contributed by atoms with Crippen molar-refractivity contribution in [3.8, 4) is 0 Å². The summed E-state index contributed by atoms with van der Waals surface area (Å²) in [5, 5.41) is 14.8. The highest BCUT2D eigenvalue weighted by molar-refractivity contribution is 6.31. The van der Waals surface area contributed by atoms with Crippen LogP contribution >= 0.6 is 11.6 Å². The van der Waals surface area contributed by atoms with Crippen LogP contribution in [0.25, 0.3) is 0 Å². The van der Waals surface area contributed by atoms with Crippen molar-refractivity contribution < 1.29 is 9.72 Å². The summed E-state index contributed by atoms with van der Waals surface area (Å²) < 4.78 is 0. The van der Waals surface area contributed by atoms with Crippen LogP contribution in [-0.2, 0) is 6.54 Å². The fraction of sp³-hybridized carbons (Fsp3) is 0.167. The molecule has 0 radical (unpaired) electrons. The summed E-state index contributed by atoms with van der Waals surface area (Å²) in [4.78, 5) is 25.2. The van der Waals surface area contributed by atoms with E-state index in [9.17, 15) is 14.9 Å². The van der Waals surface area contributed by atoms with Crippen molar-refractivity contribution >= 4 is 17.6 Å². The predicted octanol–water partition coefficient (Wildman–Crippen LogP) is 4.11. The van der Waals surface area contributed by atoms with Gasteiger partial charge in [-0.15, -0.1) is 0 Å². The molecular weight excluding hydrogens is 342 g/mol. The Hall–Kier alpha value is -2.86. The van der Waals surface area contributed by atoms with Gasteiger partial charge >= 0.3 is 6.03 Å². The highest BCUT2D eigenvalue weighted by atomic mass is 35.5. The molecule has 0 aliphatic carbocycles. The first kappa shape index (κ1) is 17.0. The van der Waals surface area contributed by atoms with Crippen LogP contribution in [0.1, 0.15) is 24.1 Å². The van der Waals surface area contributed by atoms with Crippen LogP contribution in [0, 0.1) is 10.1 Å². The third kappa shape index (κ3) is 3.34. The predicted molar refractivity (Wildman–Crippen MR) is 94.4 cm³/mol. The van der Waals surface area contributed by atoms with Gasteiger partial charge in [0.1, 0.15) is 0 Å². The summed E-state index contributed by atoms with van der Waals surface area (Å²) in [5.74, 6) is 0. The Morgan fingerprint density at radius 2 is 1.80 bits per heavy atom. The molecule has 1 heterocycles. The van der Waals surface area contributed by atoms with Gasteiger partial charge in [-0.05, 0) is 18.6 Å². The minimum Gasteiger partial charge on any atom is -0.320 e. The molecule has 0 aromatic heterocycles. The third-order valence-corrected chi connectivity index (χ3v) is 4.50. The number of nitrogens with one attached hydrogen (secondary N) is 1. The lowest BCUT2D eigenvalue weighted by Crippen LogP contribution is -2.47. The Labute approximate surface area is 149 Å². The molecule has 1 aliphatic heterocycles. The van der Waals surface area contributed by atoms with E-state index >= 15 is 0 Å². The Bertz CT molecular complexity index is 852. The lowest BCUT2D eigenvalue weighted by molar-refractivity contribution is -0.433. The van der Waals surface area contributed by atoms with E-state index in [1.54, 1.807) is 31.2 Å². The molecular formula is C18H16ClN3O3. The zero-order chi connectivity index (χ0) is 18.0. The number of carbonyl (C=O) groups excluding carboxylic acids is 1. The molecule has 128 valence electrons. The molecule has 25 heavy (non-hydrogen) atoms. The topological polar surface area (TPSA) is 75.5 Å². The van der Waals surface area contributed by atoms with Gasteiger partial charge in [-0.3, -0.25) is 15.0 Å². The standard InChI is InChI=1S/C18H16ClN3O3/c1-12-17(22(24)25)16(14-9-5-6-10-15(14)19)20-18(23)21(12)11-13-7-3-2-4-8-13/h2-10,16H,11H2,1H3,(H,20,23). The normalized spacial score (nSPS) is 17.4. The molecule has 2 aromatic rings. The van der Waals surface area contributed by atoms with Crippen molar-refractivity contribution in [3.05, 3.63) is 92.3 Å². The molecule has 1 unspecified atom stereocenters. The number of amides is 2. The number of halogens is 1. The summed E-state index contributed by atoms with van der Waals surface area (Å²) in [6.07, 6.45) is 0. The van der Waals surface area contributed by atoms with E-state index in [-0.39, 0.29) is 12.2 Å². The molecule has 7 heteroatoms. The number of hydrogen-bond acceptors (Lipinski definition) is 3. The molecule has 1 atom stereocenters. The first-order valence-corrected chi connectivity index (χ1v) is 8.08. The second-order valence-electron chi connectivity index (χ2n) is 5.70. The van der Waals surface area contributed by atoms with E-state index < -0.39 is 17.0 Å². The van der Waals surface area contributed by atoms with E-state index in [1.165, 1.54) is 4.90 Å². The van der Waals surface area contributed by atoms with Gasteiger partial charge in [0.05, 0.1) is 17.2 Å². The molecule has 3 rings (SSSR count). The highest BCUT2D eigenvalue weighted by Crippen LogP contribution is 2.34. The zero-order valence-corrected chi connectivity index (χ0v) is 14.2. The smallest absolute Gasteiger partial charge is 0.320 e. The fourth-order valence-corrected chi connectivity index (χ4v) is 3.14. The monoisotopic (exact) mass is 357 g/mol. The van der Waals surface area contributed by atoms with Crippen LogP contribution in [0.5, 0.6) is 0 Å². The molecule has 1 aliphatic rings. The van der Waals surface area contributed by atoms with Crippen molar-refractivity contribution in [3.63, 3.8) is 0 Å². The summed E-state index contributed by atoms with van der Waals surface area (Å²) in [5.41, 5.74) is 1.62. The Kier molecular flexibility index (Phi) is 4.72. The van der Waals surface area contributed by atoms with E-state index in [1.807, 2.05) is 30.3 Å². The van der Waals surface area contributed by atoms with Gasteiger partial charge in [-0.1, -0.05) is 60.1 Å². The molecule has 0 bridgehead atoms. The maximum Gasteiger partial charge on any atom is 0.323 e. The van der Waals surface area contributed by atoms with Crippen LogP contribution < -0.4 is 5.32 Å².